The molecule has 0 N–H and O–H groups in total. The molecule has 0 aliphatic rings. The first-order valence-corrected chi connectivity index (χ1v) is 8.98. The summed E-state index contributed by atoms with van der Waals surface area (Å²) >= 11 is 0. The van der Waals surface area contributed by atoms with Gasteiger partial charge in [-0.05, 0) is 31.4 Å². The molecule has 0 spiro atoms. The molecule has 0 aliphatic carbocycles. The second-order valence-corrected chi connectivity index (χ2v) is 6.92. The molecule has 26 heavy (non-hydrogen) atoms. The van der Waals surface area contributed by atoms with E-state index in [1.54, 1.807) is 11.1 Å². The fraction of sp³-hybridized carbons (Fsp3) is 0.474. The molecule has 0 radical (unpaired) electrons. The second-order valence-electron chi connectivity index (χ2n) is 6.92. The van der Waals surface area contributed by atoms with Crippen molar-refractivity contribution < 1.29 is 9.32 Å². The zero-order valence-corrected chi connectivity index (χ0v) is 15.8. The predicted molar refractivity (Wildman–Crippen MR) is 97.6 cm³/mol. The number of carbonyl (C=O) groups is 1. The fourth-order valence-corrected chi connectivity index (χ4v) is 2.93. The minimum Gasteiger partial charge on any atom is -0.339 e. The monoisotopic (exact) mass is 355 g/mol. The van der Waals surface area contributed by atoms with Gasteiger partial charge in [0.25, 0.3) is 0 Å². The van der Waals surface area contributed by atoms with Crippen LogP contribution in [0.1, 0.15) is 43.7 Å². The molecule has 7 nitrogen and oxygen atoms in total. The van der Waals surface area contributed by atoms with E-state index in [1.807, 2.05) is 36.6 Å². The fourth-order valence-electron chi connectivity index (χ4n) is 2.93. The van der Waals surface area contributed by atoms with Crippen LogP contribution in [0.4, 0.5) is 0 Å². The van der Waals surface area contributed by atoms with Gasteiger partial charge in [0, 0.05) is 25.4 Å². The van der Waals surface area contributed by atoms with E-state index in [1.165, 1.54) is 0 Å². The van der Waals surface area contributed by atoms with Crippen molar-refractivity contribution in [3.05, 3.63) is 47.5 Å². The molecule has 0 saturated heterocycles. The van der Waals surface area contributed by atoms with Crippen LogP contribution in [0, 0.1) is 12.8 Å². The van der Waals surface area contributed by atoms with Crippen LogP contribution in [0.25, 0.3) is 5.65 Å². The number of carbonyl (C=O) groups excluding carboxylic acids is 1. The van der Waals surface area contributed by atoms with Crippen LogP contribution in [-0.2, 0) is 24.2 Å². The lowest BCUT2D eigenvalue weighted by atomic mass is 10.1. The minimum atomic E-state index is 0.0195. The highest BCUT2D eigenvalue weighted by Gasteiger charge is 2.18. The third-order valence-electron chi connectivity index (χ3n) is 4.30. The Morgan fingerprint density at radius 3 is 2.92 bits per heavy atom. The average Bonchev–Trinajstić information content (AvgIpc) is 3.20. The quantitative estimate of drug-likeness (QED) is 0.651. The van der Waals surface area contributed by atoms with Crippen molar-refractivity contribution in [2.45, 2.75) is 47.1 Å². The van der Waals surface area contributed by atoms with Gasteiger partial charge in [-0.25, -0.2) is 4.98 Å². The zero-order chi connectivity index (χ0) is 18.7. The number of pyridine rings is 1. The topological polar surface area (TPSA) is 76.5 Å². The lowest BCUT2D eigenvalue weighted by Gasteiger charge is -2.18. The molecule has 3 aromatic rings. The van der Waals surface area contributed by atoms with Gasteiger partial charge in [-0.3, -0.25) is 4.79 Å². The van der Waals surface area contributed by atoms with Crippen LogP contribution in [0.3, 0.4) is 0 Å². The normalized spacial score (nSPS) is 11.4. The highest BCUT2D eigenvalue weighted by molar-refractivity contribution is 5.78. The SMILES string of the molecule is CCN(Cc1noc(CC(C)C)n1)C(=O)Cc1cnc2c(C)cccn12. The average molecular weight is 355 g/mol. The van der Waals surface area contributed by atoms with E-state index in [-0.39, 0.29) is 12.3 Å². The molecule has 7 heteroatoms. The zero-order valence-electron chi connectivity index (χ0n) is 15.8. The van der Waals surface area contributed by atoms with Gasteiger partial charge in [0.15, 0.2) is 5.82 Å². The Balaban J connectivity index is 1.70. The summed E-state index contributed by atoms with van der Waals surface area (Å²) in [5.41, 5.74) is 2.85. The number of likely N-dealkylation sites (N-methyl/N-ethyl adjacent to an activating group) is 1. The molecule has 0 fully saturated rings. The Kier molecular flexibility index (Phi) is 5.35. The van der Waals surface area contributed by atoms with Crippen molar-refractivity contribution in [3.63, 3.8) is 0 Å². The van der Waals surface area contributed by atoms with Crippen molar-refractivity contribution in [3.8, 4) is 0 Å². The minimum absolute atomic E-state index is 0.0195. The van der Waals surface area contributed by atoms with Crippen LogP contribution < -0.4 is 0 Å². The van der Waals surface area contributed by atoms with Gasteiger partial charge >= 0.3 is 0 Å². The predicted octanol–water partition coefficient (Wildman–Crippen LogP) is 2.82. The van der Waals surface area contributed by atoms with Crippen molar-refractivity contribution in [2.75, 3.05) is 6.54 Å². The summed E-state index contributed by atoms with van der Waals surface area (Å²) in [6, 6.07) is 3.97. The van der Waals surface area contributed by atoms with Crippen molar-refractivity contribution >= 4 is 11.6 Å². The third kappa shape index (κ3) is 3.92. The summed E-state index contributed by atoms with van der Waals surface area (Å²) < 4.78 is 7.23. The van der Waals surface area contributed by atoms with E-state index in [9.17, 15) is 4.79 Å². The Morgan fingerprint density at radius 2 is 2.19 bits per heavy atom. The number of fused-ring (bicyclic) bond motifs is 1. The number of aryl methyl sites for hydroxylation is 1. The van der Waals surface area contributed by atoms with Gasteiger partial charge in [-0.15, -0.1) is 0 Å². The van der Waals surface area contributed by atoms with Crippen LogP contribution >= 0.6 is 0 Å². The number of nitrogens with zero attached hydrogens (tertiary/aromatic N) is 5. The summed E-state index contributed by atoms with van der Waals surface area (Å²) in [4.78, 5) is 23.3. The largest absolute Gasteiger partial charge is 0.339 e. The second kappa shape index (κ2) is 7.68. The highest BCUT2D eigenvalue weighted by atomic mass is 16.5. The first-order valence-electron chi connectivity index (χ1n) is 8.98. The molecule has 0 saturated carbocycles. The molecule has 3 aromatic heterocycles. The summed E-state index contributed by atoms with van der Waals surface area (Å²) in [5, 5.41) is 4.00. The Labute approximate surface area is 153 Å². The highest BCUT2D eigenvalue weighted by Crippen LogP contribution is 2.13. The molecule has 0 unspecified atom stereocenters. The first kappa shape index (κ1) is 18.1. The summed E-state index contributed by atoms with van der Waals surface area (Å²) in [7, 11) is 0. The first-order chi connectivity index (χ1) is 12.5. The molecule has 0 bridgehead atoms. The molecule has 1 amide bonds. The molecule has 3 heterocycles. The maximum Gasteiger partial charge on any atom is 0.228 e. The number of rotatable bonds is 7. The van der Waals surface area contributed by atoms with Crippen molar-refractivity contribution in [2.24, 2.45) is 5.92 Å². The molecular weight excluding hydrogens is 330 g/mol. The lowest BCUT2D eigenvalue weighted by Crippen LogP contribution is -2.32. The summed E-state index contributed by atoms with van der Waals surface area (Å²) in [6.07, 6.45) is 4.73. The molecular formula is C19H25N5O2. The van der Waals surface area contributed by atoms with Gasteiger partial charge in [-0.2, -0.15) is 4.98 Å². The van der Waals surface area contributed by atoms with Gasteiger partial charge in [0.05, 0.1) is 18.7 Å². The lowest BCUT2D eigenvalue weighted by molar-refractivity contribution is -0.131. The Morgan fingerprint density at radius 1 is 1.38 bits per heavy atom. The molecule has 3 rings (SSSR count). The van der Waals surface area contributed by atoms with Gasteiger partial charge in [0.1, 0.15) is 5.65 Å². The number of aromatic nitrogens is 4. The number of amides is 1. The van der Waals surface area contributed by atoms with E-state index in [0.29, 0.717) is 30.7 Å². The van der Waals surface area contributed by atoms with Crippen LogP contribution in [0.5, 0.6) is 0 Å². The summed E-state index contributed by atoms with van der Waals surface area (Å²) in [6.45, 7) is 9.10. The van der Waals surface area contributed by atoms with Gasteiger partial charge in [0.2, 0.25) is 11.8 Å². The van der Waals surface area contributed by atoms with E-state index in [4.69, 9.17) is 4.52 Å². The van der Waals surface area contributed by atoms with Crippen molar-refractivity contribution in [1.82, 2.24) is 24.4 Å². The maximum atomic E-state index is 12.8. The number of hydrogen-bond acceptors (Lipinski definition) is 5. The number of hydrogen-bond donors (Lipinski definition) is 0. The van der Waals surface area contributed by atoms with Crippen molar-refractivity contribution in [1.29, 1.82) is 0 Å². The van der Waals surface area contributed by atoms with E-state index in [0.717, 1.165) is 23.3 Å². The Bertz CT molecular complexity index is 896. The van der Waals surface area contributed by atoms with E-state index < -0.39 is 0 Å². The maximum absolute atomic E-state index is 12.8. The summed E-state index contributed by atoms with van der Waals surface area (Å²) in [5.74, 6) is 1.64. The molecule has 0 aromatic carbocycles. The molecule has 0 atom stereocenters. The molecule has 0 aliphatic heterocycles. The molecule has 138 valence electrons. The van der Waals surface area contributed by atoms with Crippen LogP contribution in [-0.4, -0.2) is 36.9 Å². The van der Waals surface area contributed by atoms with Gasteiger partial charge in [-0.1, -0.05) is 25.1 Å². The van der Waals surface area contributed by atoms with E-state index in [2.05, 4.69) is 29.0 Å². The van der Waals surface area contributed by atoms with E-state index >= 15 is 0 Å². The number of imidazole rings is 1. The third-order valence-corrected chi connectivity index (χ3v) is 4.30. The van der Waals surface area contributed by atoms with Crippen LogP contribution in [0.15, 0.2) is 29.0 Å². The van der Waals surface area contributed by atoms with Crippen LogP contribution in [0.2, 0.25) is 0 Å². The Hall–Kier alpha value is -2.70. The standard InChI is InChI=1S/C19H25N5O2/c1-5-23(12-16-21-17(26-22-16)9-13(2)3)18(25)10-15-11-20-19-14(4)7-6-8-24(15)19/h6-8,11,13H,5,9-10,12H2,1-4H3. The smallest absolute Gasteiger partial charge is 0.228 e. The van der Waals surface area contributed by atoms with Gasteiger partial charge < -0.3 is 13.8 Å².